The normalized spacial score (nSPS) is 15.8. The van der Waals surface area contributed by atoms with Crippen LogP contribution in [0, 0.1) is 0 Å². The molecule has 1 fully saturated rings. The number of sulfonamides is 1. The van der Waals surface area contributed by atoms with Crippen molar-refractivity contribution in [1.29, 1.82) is 0 Å². The van der Waals surface area contributed by atoms with Crippen molar-refractivity contribution in [2.45, 2.75) is 30.3 Å². The Bertz CT molecular complexity index is 1020. The van der Waals surface area contributed by atoms with Gasteiger partial charge < -0.3 is 4.90 Å². The second kappa shape index (κ2) is 9.54. The number of amides is 1. The summed E-state index contributed by atoms with van der Waals surface area (Å²) in [7, 11) is -4.14. The Morgan fingerprint density at radius 2 is 1.81 bits per heavy atom. The molecule has 0 atom stereocenters. The van der Waals surface area contributed by atoms with E-state index in [0.29, 0.717) is 25.3 Å². The van der Waals surface area contributed by atoms with E-state index in [0.717, 1.165) is 22.1 Å². The lowest BCUT2D eigenvalue weighted by molar-refractivity contribution is -0.137. The number of carbonyl (C=O) groups is 1. The summed E-state index contributed by atoms with van der Waals surface area (Å²) in [6.45, 7) is 0.388. The van der Waals surface area contributed by atoms with Gasteiger partial charge in [-0.2, -0.15) is 17.5 Å². The van der Waals surface area contributed by atoms with Gasteiger partial charge in [0, 0.05) is 44.5 Å². The lowest BCUT2D eigenvalue weighted by Crippen LogP contribution is -2.50. The van der Waals surface area contributed by atoms with Gasteiger partial charge in [-0.25, -0.2) is 8.42 Å². The summed E-state index contributed by atoms with van der Waals surface area (Å²) in [5, 5.41) is -0.562. The Morgan fingerprint density at radius 1 is 1.10 bits per heavy atom. The van der Waals surface area contributed by atoms with Gasteiger partial charge in [0.25, 0.3) is 0 Å². The standard InChI is InChI=1S/C20H21ClF3N3O3S/c21-18-8-7-16(14-17(18)20(22,23)24)31(29,30)27-12-10-26(11-13-27)19(28)6-3-5-15-4-1-2-9-25-15/h1-2,4,7-9,14H,3,5-6,10-13H2. The fraction of sp³-hybridized carbons (Fsp3) is 0.400. The molecule has 1 aliphatic rings. The Labute approximate surface area is 183 Å². The lowest BCUT2D eigenvalue weighted by Gasteiger charge is -2.34. The Kier molecular flexibility index (Phi) is 7.23. The van der Waals surface area contributed by atoms with Crippen LogP contribution in [0.4, 0.5) is 13.2 Å². The van der Waals surface area contributed by atoms with Crippen molar-refractivity contribution in [3.63, 3.8) is 0 Å². The highest BCUT2D eigenvalue weighted by Gasteiger charge is 2.36. The number of hydrogen-bond acceptors (Lipinski definition) is 4. The van der Waals surface area contributed by atoms with Gasteiger partial charge in [0.05, 0.1) is 15.5 Å². The molecule has 0 aliphatic carbocycles. The van der Waals surface area contributed by atoms with Crippen molar-refractivity contribution in [3.8, 4) is 0 Å². The molecule has 6 nitrogen and oxygen atoms in total. The van der Waals surface area contributed by atoms with E-state index in [4.69, 9.17) is 11.6 Å². The second-order valence-electron chi connectivity index (χ2n) is 7.10. The number of benzene rings is 1. The number of rotatable bonds is 6. The van der Waals surface area contributed by atoms with Gasteiger partial charge in [0.1, 0.15) is 0 Å². The van der Waals surface area contributed by atoms with Gasteiger partial charge in [-0.05, 0) is 43.2 Å². The maximum atomic E-state index is 13.1. The summed E-state index contributed by atoms with van der Waals surface area (Å²) < 4.78 is 65.9. The van der Waals surface area contributed by atoms with Gasteiger partial charge in [-0.3, -0.25) is 9.78 Å². The zero-order valence-corrected chi connectivity index (χ0v) is 18.1. The highest BCUT2D eigenvalue weighted by molar-refractivity contribution is 7.89. The SMILES string of the molecule is O=C(CCCc1ccccn1)N1CCN(S(=O)(=O)c2ccc(Cl)c(C(F)(F)F)c2)CC1. The minimum atomic E-state index is -4.76. The topological polar surface area (TPSA) is 70.6 Å². The monoisotopic (exact) mass is 475 g/mol. The minimum absolute atomic E-state index is 0.0122. The quantitative estimate of drug-likeness (QED) is 0.640. The van der Waals surface area contributed by atoms with Crippen molar-refractivity contribution >= 4 is 27.5 Å². The first-order chi connectivity index (χ1) is 14.6. The highest BCUT2D eigenvalue weighted by Crippen LogP contribution is 2.36. The van der Waals surface area contributed by atoms with Crippen LogP contribution in [0.25, 0.3) is 0 Å². The molecule has 0 unspecified atom stereocenters. The number of piperazine rings is 1. The fourth-order valence-corrected chi connectivity index (χ4v) is 5.01. The molecule has 31 heavy (non-hydrogen) atoms. The van der Waals surface area contributed by atoms with E-state index >= 15 is 0 Å². The van der Waals surface area contributed by atoms with E-state index in [2.05, 4.69) is 4.98 Å². The van der Waals surface area contributed by atoms with Crippen LogP contribution < -0.4 is 0 Å². The third kappa shape index (κ3) is 5.75. The molecule has 168 valence electrons. The zero-order chi connectivity index (χ0) is 22.6. The van der Waals surface area contributed by atoms with E-state index in [-0.39, 0.29) is 32.1 Å². The van der Waals surface area contributed by atoms with Gasteiger partial charge in [0.2, 0.25) is 15.9 Å². The molecule has 0 spiro atoms. The largest absolute Gasteiger partial charge is 0.417 e. The smallest absolute Gasteiger partial charge is 0.340 e. The number of nitrogens with zero attached hydrogens (tertiary/aromatic N) is 3. The summed E-state index contributed by atoms with van der Waals surface area (Å²) in [5.74, 6) is -0.0844. The summed E-state index contributed by atoms with van der Waals surface area (Å²) in [5.41, 5.74) is -0.302. The van der Waals surface area contributed by atoms with E-state index in [1.54, 1.807) is 11.1 Å². The lowest BCUT2D eigenvalue weighted by atomic mass is 10.1. The van der Waals surface area contributed by atoms with Crippen LogP contribution >= 0.6 is 11.6 Å². The first kappa shape index (κ1) is 23.5. The molecule has 0 bridgehead atoms. The second-order valence-corrected chi connectivity index (χ2v) is 9.44. The van der Waals surface area contributed by atoms with Crippen LogP contribution in [-0.2, 0) is 27.4 Å². The van der Waals surface area contributed by atoms with Crippen LogP contribution in [0.3, 0.4) is 0 Å². The highest BCUT2D eigenvalue weighted by atomic mass is 35.5. The van der Waals surface area contributed by atoms with E-state index in [1.165, 1.54) is 0 Å². The van der Waals surface area contributed by atoms with Gasteiger partial charge >= 0.3 is 6.18 Å². The molecule has 3 rings (SSSR count). The first-order valence-electron chi connectivity index (χ1n) is 9.63. The Hall–Kier alpha value is -2.17. The van der Waals surface area contributed by atoms with Crippen molar-refractivity contribution in [1.82, 2.24) is 14.2 Å². The predicted octanol–water partition coefficient (Wildman–Crippen LogP) is 3.61. The third-order valence-electron chi connectivity index (χ3n) is 5.02. The summed E-state index contributed by atoms with van der Waals surface area (Å²) in [6.07, 6.45) is -1.47. The number of carbonyl (C=O) groups excluding carboxylic acids is 1. The van der Waals surface area contributed by atoms with E-state index in [1.807, 2.05) is 18.2 Å². The molecule has 1 saturated heterocycles. The Morgan fingerprint density at radius 3 is 2.42 bits per heavy atom. The molecule has 1 aromatic heterocycles. The molecule has 1 amide bonds. The molecule has 2 aromatic rings. The number of pyridine rings is 1. The van der Waals surface area contributed by atoms with Crippen LogP contribution in [0.2, 0.25) is 5.02 Å². The van der Waals surface area contributed by atoms with Crippen molar-refractivity contribution < 1.29 is 26.4 Å². The maximum absolute atomic E-state index is 13.1. The summed E-state index contributed by atoms with van der Waals surface area (Å²) in [6, 6.07) is 8.11. The van der Waals surface area contributed by atoms with Crippen molar-refractivity contribution in [2.24, 2.45) is 0 Å². The van der Waals surface area contributed by atoms with Crippen LogP contribution in [0.15, 0.2) is 47.5 Å². The molecule has 1 aliphatic heterocycles. The minimum Gasteiger partial charge on any atom is -0.340 e. The number of aryl methyl sites for hydroxylation is 1. The maximum Gasteiger partial charge on any atom is 0.417 e. The van der Waals surface area contributed by atoms with Gasteiger partial charge in [-0.1, -0.05) is 17.7 Å². The number of halogens is 4. The Balaban J connectivity index is 1.58. The molecule has 0 radical (unpaired) electrons. The third-order valence-corrected chi connectivity index (χ3v) is 7.25. The van der Waals surface area contributed by atoms with Crippen LogP contribution in [0.5, 0.6) is 0 Å². The van der Waals surface area contributed by atoms with E-state index in [9.17, 15) is 26.4 Å². The summed E-state index contributed by atoms with van der Waals surface area (Å²) >= 11 is 5.57. The molecule has 11 heteroatoms. The van der Waals surface area contributed by atoms with Gasteiger partial charge in [-0.15, -0.1) is 0 Å². The summed E-state index contributed by atoms with van der Waals surface area (Å²) in [4.78, 5) is 17.7. The molecule has 2 heterocycles. The van der Waals surface area contributed by atoms with E-state index < -0.39 is 31.7 Å². The number of aromatic nitrogens is 1. The van der Waals surface area contributed by atoms with Crippen molar-refractivity contribution in [2.75, 3.05) is 26.2 Å². The van der Waals surface area contributed by atoms with Gasteiger partial charge in [0.15, 0.2) is 0 Å². The first-order valence-corrected chi connectivity index (χ1v) is 11.5. The zero-order valence-electron chi connectivity index (χ0n) is 16.5. The predicted molar refractivity (Wildman–Crippen MR) is 109 cm³/mol. The van der Waals surface area contributed by atoms with Crippen molar-refractivity contribution in [3.05, 3.63) is 58.9 Å². The fourth-order valence-electron chi connectivity index (χ4n) is 3.33. The number of alkyl halides is 3. The number of hydrogen-bond donors (Lipinski definition) is 0. The molecule has 1 aromatic carbocycles. The molecular weight excluding hydrogens is 455 g/mol. The average molecular weight is 476 g/mol. The molecule has 0 N–H and O–H groups in total. The van der Waals surface area contributed by atoms with Crippen LogP contribution in [-0.4, -0.2) is 54.7 Å². The molecule has 0 saturated carbocycles. The average Bonchev–Trinajstić information content (AvgIpc) is 2.74. The van der Waals surface area contributed by atoms with Crippen LogP contribution in [0.1, 0.15) is 24.1 Å². The molecular formula is C20H21ClF3N3O3S.